The molecule has 2 aromatic carbocycles. The molecule has 0 aliphatic carbocycles. The molecule has 0 unspecified atom stereocenters. The van der Waals surface area contributed by atoms with E-state index in [9.17, 15) is 0 Å². The number of rotatable bonds is 4. The van der Waals surface area contributed by atoms with Crippen LogP contribution in [0.15, 0.2) is 54.6 Å². The van der Waals surface area contributed by atoms with Crippen molar-refractivity contribution in [2.24, 2.45) is 0 Å². The topological polar surface area (TPSA) is 18.5 Å². The number of terminal acetylenes is 1. The maximum absolute atomic E-state index is 5.66. The highest BCUT2D eigenvalue weighted by Crippen LogP contribution is 2.21. The lowest BCUT2D eigenvalue weighted by molar-refractivity contribution is 0.265. The van der Waals surface area contributed by atoms with Gasteiger partial charge in [0.05, 0.1) is 0 Å². The third-order valence-electron chi connectivity index (χ3n) is 2.22. The standard InChI is InChI=1S/C15H12O2/c1-2-16-12-13-8-10-15(11-9-13)17-14-6-4-3-5-7-14/h1,3-11H,12H2. The zero-order chi connectivity index (χ0) is 11.9. The highest BCUT2D eigenvalue weighted by atomic mass is 16.5. The molecule has 0 radical (unpaired) electrons. The molecular formula is C15H12O2. The first-order valence-electron chi connectivity index (χ1n) is 5.28. The molecule has 0 aromatic heterocycles. The second-order valence-electron chi connectivity index (χ2n) is 3.47. The van der Waals surface area contributed by atoms with Crippen molar-refractivity contribution in [3.63, 3.8) is 0 Å². The van der Waals surface area contributed by atoms with E-state index in [1.807, 2.05) is 54.6 Å². The van der Waals surface area contributed by atoms with Crippen molar-refractivity contribution in [3.05, 3.63) is 60.2 Å². The van der Waals surface area contributed by atoms with Crippen LogP contribution in [0.2, 0.25) is 0 Å². The van der Waals surface area contributed by atoms with Crippen molar-refractivity contribution in [2.75, 3.05) is 0 Å². The Kier molecular flexibility index (Phi) is 3.67. The smallest absolute Gasteiger partial charge is 0.127 e. The predicted octanol–water partition coefficient (Wildman–Crippen LogP) is 3.59. The SMILES string of the molecule is C#COCc1ccc(Oc2ccccc2)cc1. The minimum atomic E-state index is 0.419. The Morgan fingerprint density at radius 1 is 0.882 bits per heavy atom. The molecule has 0 heterocycles. The average molecular weight is 224 g/mol. The van der Waals surface area contributed by atoms with Gasteiger partial charge in [0.25, 0.3) is 0 Å². The lowest BCUT2D eigenvalue weighted by Crippen LogP contribution is -1.88. The van der Waals surface area contributed by atoms with Gasteiger partial charge in [0, 0.05) is 0 Å². The molecule has 84 valence electrons. The van der Waals surface area contributed by atoms with E-state index in [4.69, 9.17) is 15.9 Å². The van der Waals surface area contributed by atoms with Gasteiger partial charge in [-0.2, -0.15) is 0 Å². The summed E-state index contributed by atoms with van der Waals surface area (Å²) in [6.45, 7) is 0.419. The molecule has 0 spiro atoms. The first kappa shape index (κ1) is 11.1. The summed E-state index contributed by atoms with van der Waals surface area (Å²) in [5.41, 5.74) is 1.02. The Morgan fingerprint density at radius 2 is 1.53 bits per heavy atom. The van der Waals surface area contributed by atoms with E-state index >= 15 is 0 Å². The number of para-hydroxylation sites is 1. The predicted molar refractivity (Wildman–Crippen MR) is 66.6 cm³/mol. The van der Waals surface area contributed by atoms with Gasteiger partial charge in [-0.3, -0.25) is 0 Å². The average Bonchev–Trinajstić information content (AvgIpc) is 2.39. The first-order valence-corrected chi connectivity index (χ1v) is 5.28. The fourth-order valence-electron chi connectivity index (χ4n) is 1.40. The van der Waals surface area contributed by atoms with Crippen molar-refractivity contribution in [3.8, 4) is 24.0 Å². The van der Waals surface area contributed by atoms with E-state index in [0.717, 1.165) is 17.1 Å². The van der Waals surface area contributed by atoms with Crippen LogP contribution in [0, 0.1) is 12.5 Å². The van der Waals surface area contributed by atoms with Crippen molar-refractivity contribution in [1.29, 1.82) is 0 Å². The van der Waals surface area contributed by atoms with Crippen LogP contribution >= 0.6 is 0 Å². The third-order valence-corrected chi connectivity index (χ3v) is 2.22. The van der Waals surface area contributed by atoms with Gasteiger partial charge in [-0.05, 0) is 29.8 Å². The Hall–Kier alpha value is -2.40. The second kappa shape index (κ2) is 5.62. The Morgan fingerprint density at radius 3 is 2.18 bits per heavy atom. The van der Waals surface area contributed by atoms with Crippen LogP contribution in [0.4, 0.5) is 0 Å². The molecule has 2 rings (SSSR count). The fraction of sp³-hybridized carbons (Fsp3) is 0.0667. The zero-order valence-corrected chi connectivity index (χ0v) is 9.30. The second-order valence-corrected chi connectivity index (χ2v) is 3.47. The number of benzene rings is 2. The van der Waals surface area contributed by atoms with Gasteiger partial charge in [0.2, 0.25) is 0 Å². The largest absolute Gasteiger partial charge is 0.457 e. The third kappa shape index (κ3) is 3.29. The summed E-state index contributed by atoms with van der Waals surface area (Å²) in [6.07, 6.45) is 7.15. The van der Waals surface area contributed by atoms with Crippen molar-refractivity contribution >= 4 is 0 Å². The highest BCUT2D eigenvalue weighted by molar-refractivity contribution is 5.32. The van der Waals surface area contributed by atoms with E-state index in [-0.39, 0.29) is 0 Å². The number of ether oxygens (including phenoxy) is 2. The lowest BCUT2D eigenvalue weighted by Gasteiger charge is -2.06. The summed E-state index contributed by atoms with van der Waals surface area (Å²) in [5, 5.41) is 0. The molecule has 0 aliphatic heterocycles. The molecule has 0 amide bonds. The first-order chi connectivity index (χ1) is 8.38. The summed E-state index contributed by atoms with van der Waals surface area (Å²) < 4.78 is 10.5. The number of hydrogen-bond acceptors (Lipinski definition) is 2. The molecule has 0 bridgehead atoms. The van der Waals surface area contributed by atoms with Gasteiger partial charge >= 0.3 is 0 Å². The molecule has 0 saturated heterocycles. The van der Waals surface area contributed by atoms with Gasteiger partial charge < -0.3 is 9.47 Å². The quantitative estimate of drug-likeness (QED) is 0.739. The Bertz CT molecular complexity index is 495. The zero-order valence-electron chi connectivity index (χ0n) is 9.30. The van der Waals surface area contributed by atoms with Gasteiger partial charge in [0.1, 0.15) is 24.2 Å². The minimum absolute atomic E-state index is 0.419. The summed E-state index contributed by atoms with van der Waals surface area (Å²) in [5.74, 6) is 1.61. The lowest BCUT2D eigenvalue weighted by atomic mass is 10.2. The molecule has 2 aromatic rings. The molecular weight excluding hydrogens is 212 g/mol. The van der Waals surface area contributed by atoms with Crippen LogP contribution in [-0.2, 0) is 11.3 Å². The fourth-order valence-corrected chi connectivity index (χ4v) is 1.40. The molecule has 2 nitrogen and oxygen atoms in total. The van der Waals surface area contributed by atoms with Crippen LogP contribution in [-0.4, -0.2) is 0 Å². The van der Waals surface area contributed by atoms with Crippen LogP contribution in [0.3, 0.4) is 0 Å². The molecule has 0 aliphatic rings. The van der Waals surface area contributed by atoms with E-state index in [0.29, 0.717) is 6.61 Å². The van der Waals surface area contributed by atoms with Crippen molar-refractivity contribution in [2.45, 2.75) is 6.61 Å². The van der Waals surface area contributed by atoms with Crippen LogP contribution in [0.1, 0.15) is 5.56 Å². The molecule has 0 N–H and O–H groups in total. The van der Waals surface area contributed by atoms with E-state index in [1.165, 1.54) is 0 Å². The van der Waals surface area contributed by atoms with E-state index in [1.54, 1.807) is 0 Å². The van der Waals surface area contributed by atoms with Gasteiger partial charge in [-0.15, -0.1) is 0 Å². The maximum Gasteiger partial charge on any atom is 0.127 e. The normalized spacial score (nSPS) is 9.35. The Labute approximate surface area is 101 Å². The number of hydrogen-bond donors (Lipinski definition) is 0. The molecule has 2 heteroatoms. The van der Waals surface area contributed by atoms with Crippen LogP contribution < -0.4 is 4.74 Å². The highest BCUT2D eigenvalue weighted by Gasteiger charge is 1.97. The van der Waals surface area contributed by atoms with Crippen molar-refractivity contribution in [1.82, 2.24) is 0 Å². The van der Waals surface area contributed by atoms with Crippen LogP contribution in [0.5, 0.6) is 11.5 Å². The Balaban J connectivity index is 2.01. The molecule has 0 fully saturated rings. The summed E-state index contributed by atoms with van der Waals surface area (Å²) >= 11 is 0. The monoisotopic (exact) mass is 224 g/mol. The molecule has 0 atom stereocenters. The summed E-state index contributed by atoms with van der Waals surface area (Å²) in [4.78, 5) is 0. The van der Waals surface area contributed by atoms with E-state index < -0.39 is 0 Å². The van der Waals surface area contributed by atoms with Gasteiger partial charge in [0.15, 0.2) is 0 Å². The molecule has 0 saturated carbocycles. The minimum Gasteiger partial charge on any atom is -0.457 e. The molecule has 17 heavy (non-hydrogen) atoms. The van der Waals surface area contributed by atoms with Gasteiger partial charge in [-0.1, -0.05) is 36.8 Å². The van der Waals surface area contributed by atoms with Crippen molar-refractivity contribution < 1.29 is 9.47 Å². The summed E-state index contributed by atoms with van der Waals surface area (Å²) in [7, 11) is 0. The van der Waals surface area contributed by atoms with E-state index in [2.05, 4.69) is 6.11 Å². The van der Waals surface area contributed by atoms with Gasteiger partial charge in [-0.25, -0.2) is 0 Å². The maximum atomic E-state index is 5.66. The van der Waals surface area contributed by atoms with Crippen LogP contribution in [0.25, 0.3) is 0 Å². The summed E-state index contributed by atoms with van der Waals surface area (Å²) in [6, 6.07) is 17.3.